The van der Waals surface area contributed by atoms with E-state index in [-0.39, 0.29) is 30.5 Å². The normalized spacial score (nSPS) is 11.3. The Kier molecular flexibility index (Phi) is 6.27. The van der Waals surface area contributed by atoms with Crippen LogP contribution in [0.2, 0.25) is 5.02 Å². The van der Waals surface area contributed by atoms with Crippen molar-refractivity contribution in [3.8, 4) is 0 Å². The molecule has 0 aliphatic rings. The average molecular weight is 305 g/mol. The first-order chi connectivity index (χ1) is 8.93. The van der Waals surface area contributed by atoms with E-state index in [0.29, 0.717) is 10.7 Å². The van der Waals surface area contributed by atoms with E-state index >= 15 is 0 Å². The maximum Gasteiger partial charge on any atom is 0.238 e. The summed E-state index contributed by atoms with van der Waals surface area (Å²) >= 11 is 5.73. The fraction of sp³-hybridized carbons (Fsp3) is 0.417. The second-order valence-electron chi connectivity index (χ2n) is 3.97. The van der Waals surface area contributed by atoms with Crippen LogP contribution in [-0.4, -0.2) is 38.9 Å². The molecule has 0 fully saturated rings. The molecular formula is C12H17ClN2O3S. The highest BCUT2D eigenvalue weighted by molar-refractivity contribution is 7.91. The second kappa shape index (κ2) is 7.47. The highest BCUT2D eigenvalue weighted by Crippen LogP contribution is 2.12. The van der Waals surface area contributed by atoms with Crippen LogP contribution < -0.4 is 10.6 Å². The Bertz CT molecular complexity index is 514. The van der Waals surface area contributed by atoms with Gasteiger partial charge in [-0.25, -0.2) is 8.42 Å². The summed E-state index contributed by atoms with van der Waals surface area (Å²) in [4.78, 5) is 11.5. The number of carbonyl (C=O) groups excluding carboxylic acids is 1. The molecule has 2 N–H and O–H groups in total. The minimum Gasteiger partial charge on any atom is -0.325 e. The number of benzene rings is 1. The molecule has 0 radical (unpaired) electrons. The van der Waals surface area contributed by atoms with Crippen LogP contribution in [0.25, 0.3) is 0 Å². The zero-order chi connectivity index (χ0) is 14.3. The van der Waals surface area contributed by atoms with E-state index in [1.54, 1.807) is 31.2 Å². The van der Waals surface area contributed by atoms with E-state index < -0.39 is 9.84 Å². The molecule has 0 heterocycles. The Morgan fingerprint density at radius 3 is 2.47 bits per heavy atom. The van der Waals surface area contributed by atoms with Crippen molar-refractivity contribution < 1.29 is 13.2 Å². The van der Waals surface area contributed by atoms with Crippen LogP contribution in [0.1, 0.15) is 6.92 Å². The van der Waals surface area contributed by atoms with Crippen LogP contribution in [0.3, 0.4) is 0 Å². The van der Waals surface area contributed by atoms with Gasteiger partial charge in [0.2, 0.25) is 5.91 Å². The Labute approximate surface area is 118 Å². The van der Waals surface area contributed by atoms with Gasteiger partial charge < -0.3 is 10.6 Å². The Hall–Kier alpha value is -1.11. The summed E-state index contributed by atoms with van der Waals surface area (Å²) < 4.78 is 22.4. The number of carbonyl (C=O) groups is 1. The van der Waals surface area contributed by atoms with Crippen molar-refractivity contribution in [2.24, 2.45) is 0 Å². The quantitative estimate of drug-likeness (QED) is 0.745. The lowest BCUT2D eigenvalue weighted by Gasteiger charge is -2.06. The van der Waals surface area contributed by atoms with Gasteiger partial charge in [-0.1, -0.05) is 18.5 Å². The van der Waals surface area contributed by atoms with Gasteiger partial charge in [0.25, 0.3) is 0 Å². The zero-order valence-electron chi connectivity index (χ0n) is 10.6. The van der Waals surface area contributed by atoms with E-state index in [9.17, 15) is 13.2 Å². The van der Waals surface area contributed by atoms with Crippen molar-refractivity contribution in [3.63, 3.8) is 0 Å². The summed E-state index contributed by atoms with van der Waals surface area (Å²) in [5.41, 5.74) is 0.650. The summed E-state index contributed by atoms with van der Waals surface area (Å²) in [7, 11) is -2.99. The third-order valence-corrected chi connectivity index (χ3v) is 4.40. The monoisotopic (exact) mass is 304 g/mol. The first kappa shape index (κ1) is 15.9. The third-order valence-electron chi connectivity index (χ3n) is 2.44. The minimum atomic E-state index is -2.99. The van der Waals surface area contributed by atoms with E-state index in [4.69, 9.17) is 11.6 Å². The van der Waals surface area contributed by atoms with Crippen LogP contribution in [0.5, 0.6) is 0 Å². The van der Waals surface area contributed by atoms with Crippen molar-refractivity contribution in [2.45, 2.75) is 6.92 Å². The van der Waals surface area contributed by atoms with Crippen molar-refractivity contribution in [1.82, 2.24) is 5.32 Å². The smallest absolute Gasteiger partial charge is 0.238 e. The molecule has 1 aromatic carbocycles. The average Bonchev–Trinajstić information content (AvgIpc) is 2.38. The Morgan fingerprint density at radius 1 is 1.26 bits per heavy atom. The molecule has 0 unspecified atom stereocenters. The SMILES string of the molecule is CCS(=O)(=O)CCNCC(=O)Nc1ccc(Cl)cc1. The Balaban J connectivity index is 2.27. The standard InChI is InChI=1S/C12H17ClN2O3S/c1-2-19(17,18)8-7-14-9-12(16)15-11-5-3-10(13)4-6-11/h3-6,14H,2,7-9H2,1H3,(H,15,16). The van der Waals surface area contributed by atoms with E-state index in [2.05, 4.69) is 10.6 Å². The number of halogens is 1. The molecule has 0 spiro atoms. The molecule has 1 aromatic rings. The number of hydrogen-bond donors (Lipinski definition) is 2. The van der Waals surface area contributed by atoms with E-state index in [0.717, 1.165) is 0 Å². The van der Waals surface area contributed by atoms with Crippen molar-refractivity contribution >= 4 is 33.0 Å². The number of anilines is 1. The van der Waals surface area contributed by atoms with Gasteiger partial charge in [0.15, 0.2) is 9.84 Å². The molecule has 1 rings (SSSR count). The van der Waals surface area contributed by atoms with Crippen LogP contribution in [0.15, 0.2) is 24.3 Å². The minimum absolute atomic E-state index is 0.0394. The highest BCUT2D eigenvalue weighted by Gasteiger charge is 2.07. The lowest BCUT2D eigenvalue weighted by Crippen LogP contribution is -2.31. The molecule has 0 saturated heterocycles. The number of rotatable bonds is 7. The molecule has 0 atom stereocenters. The molecule has 0 aromatic heterocycles. The largest absolute Gasteiger partial charge is 0.325 e. The number of nitrogens with one attached hydrogen (secondary N) is 2. The van der Waals surface area contributed by atoms with Crippen LogP contribution in [0, 0.1) is 0 Å². The van der Waals surface area contributed by atoms with Crippen molar-refractivity contribution in [2.75, 3.05) is 29.9 Å². The highest BCUT2D eigenvalue weighted by atomic mass is 35.5. The van der Waals surface area contributed by atoms with Gasteiger partial charge in [-0.3, -0.25) is 4.79 Å². The molecule has 19 heavy (non-hydrogen) atoms. The van der Waals surface area contributed by atoms with E-state index in [1.807, 2.05) is 0 Å². The fourth-order valence-electron chi connectivity index (χ4n) is 1.31. The lowest BCUT2D eigenvalue weighted by molar-refractivity contribution is -0.115. The summed E-state index contributed by atoms with van der Waals surface area (Å²) in [6.45, 7) is 1.94. The summed E-state index contributed by atoms with van der Waals surface area (Å²) in [6, 6.07) is 6.75. The molecule has 1 amide bonds. The third kappa shape index (κ3) is 6.56. The van der Waals surface area contributed by atoms with E-state index in [1.165, 1.54) is 0 Å². The van der Waals surface area contributed by atoms with Gasteiger partial charge in [0, 0.05) is 23.0 Å². The first-order valence-electron chi connectivity index (χ1n) is 5.89. The Morgan fingerprint density at radius 2 is 1.89 bits per heavy atom. The molecular weight excluding hydrogens is 288 g/mol. The predicted octanol–water partition coefficient (Wildman–Crippen LogP) is 1.30. The van der Waals surface area contributed by atoms with Crippen LogP contribution in [0.4, 0.5) is 5.69 Å². The maximum atomic E-state index is 11.5. The zero-order valence-corrected chi connectivity index (χ0v) is 12.2. The van der Waals surface area contributed by atoms with Gasteiger partial charge in [0.1, 0.15) is 0 Å². The summed E-state index contributed by atoms with van der Waals surface area (Å²) in [6.07, 6.45) is 0. The number of amides is 1. The predicted molar refractivity (Wildman–Crippen MR) is 77.3 cm³/mol. The topological polar surface area (TPSA) is 75.3 Å². The fourth-order valence-corrected chi connectivity index (χ4v) is 2.18. The number of sulfone groups is 1. The molecule has 5 nitrogen and oxygen atoms in total. The van der Waals surface area contributed by atoms with Gasteiger partial charge in [-0.15, -0.1) is 0 Å². The summed E-state index contributed by atoms with van der Waals surface area (Å²) in [5, 5.41) is 6.06. The van der Waals surface area contributed by atoms with Gasteiger partial charge in [-0.2, -0.15) is 0 Å². The van der Waals surface area contributed by atoms with Crippen LogP contribution in [-0.2, 0) is 14.6 Å². The maximum absolute atomic E-state index is 11.5. The lowest BCUT2D eigenvalue weighted by atomic mass is 10.3. The van der Waals surface area contributed by atoms with Gasteiger partial charge in [-0.05, 0) is 24.3 Å². The van der Waals surface area contributed by atoms with Crippen molar-refractivity contribution in [3.05, 3.63) is 29.3 Å². The van der Waals surface area contributed by atoms with Gasteiger partial charge in [0.05, 0.1) is 12.3 Å². The molecule has 7 heteroatoms. The van der Waals surface area contributed by atoms with Gasteiger partial charge >= 0.3 is 0 Å². The van der Waals surface area contributed by atoms with Crippen LogP contribution >= 0.6 is 11.6 Å². The summed E-state index contributed by atoms with van der Waals surface area (Å²) in [5.74, 6) is -0.0696. The molecule has 0 bridgehead atoms. The number of hydrogen-bond acceptors (Lipinski definition) is 4. The molecule has 0 aliphatic heterocycles. The molecule has 0 saturated carbocycles. The first-order valence-corrected chi connectivity index (χ1v) is 8.09. The molecule has 0 aliphatic carbocycles. The van der Waals surface area contributed by atoms with Crippen molar-refractivity contribution in [1.29, 1.82) is 0 Å². The second-order valence-corrected chi connectivity index (χ2v) is 6.88. The molecule has 106 valence electrons.